The van der Waals surface area contributed by atoms with Gasteiger partial charge in [-0.05, 0) is 32.1 Å². The molecule has 1 heterocycles. The van der Waals surface area contributed by atoms with Crippen LogP contribution >= 0.6 is 0 Å². The van der Waals surface area contributed by atoms with E-state index < -0.39 is 5.97 Å². The maximum absolute atomic E-state index is 12.3. The highest BCUT2D eigenvalue weighted by molar-refractivity contribution is 5.83. The summed E-state index contributed by atoms with van der Waals surface area (Å²) in [6.45, 7) is 3.68. The van der Waals surface area contributed by atoms with Gasteiger partial charge in [-0.2, -0.15) is 0 Å². The number of carbonyl (C=O) groups is 3. The van der Waals surface area contributed by atoms with Gasteiger partial charge in [0, 0.05) is 33.1 Å². The third kappa shape index (κ3) is 5.61. The van der Waals surface area contributed by atoms with Crippen LogP contribution in [-0.2, 0) is 9.59 Å². The van der Waals surface area contributed by atoms with Crippen molar-refractivity contribution < 1.29 is 19.5 Å². The summed E-state index contributed by atoms with van der Waals surface area (Å²) in [4.78, 5) is 37.6. The van der Waals surface area contributed by atoms with Gasteiger partial charge in [-0.15, -0.1) is 0 Å². The summed E-state index contributed by atoms with van der Waals surface area (Å²) in [5, 5.41) is 11.2. The van der Waals surface area contributed by atoms with Gasteiger partial charge in [0.1, 0.15) is 6.54 Å². The predicted octanol–water partition coefficient (Wildman–Crippen LogP) is 0.751. The Morgan fingerprint density at radius 2 is 1.90 bits per heavy atom. The van der Waals surface area contributed by atoms with Gasteiger partial charge < -0.3 is 20.2 Å². The Morgan fingerprint density at radius 1 is 1.29 bits per heavy atom. The third-order valence-corrected chi connectivity index (χ3v) is 3.92. The van der Waals surface area contributed by atoms with E-state index in [0.717, 1.165) is 12.8 Å². The van der Waals surface area contributed by atoms with Crippen LogP contribution < -0.4 is 5.32 Å². The highest BCUT2D eigenvalue weighted by Gasteiger charge is 2.26. The maximum atomic E-state index is 12.3. The number of likely N-dealkylation sites (tertiary alicyclic amines) is 1. The van der Waals surface area contributed by atoms with Crippen molar-refractivity contribution in [2.24, 2.45) is 5.92 Å². The minimum Gasteiger partial charge on any atom is -0.481 e. The number of aliphatic carboxylic acids is 1. The molecule has 1 aliphatic heterocycles. The number of nitrogens with zero attached hydrogens (tertiary/aromatic N) is 2. The second kappa shape index (κ2) is 8.49. The molecule has 0 aliphatic carbocycles. The van der Waals surface area contributed by atoms with Crippen LogP contribution in [0.15, 0.2) is 0 Å². The minimum atomic E-state index is -0.767. The molecule has 1 fully saturated rings. The molecule has 0 atom stereocenters. The number of hydrogen-bond donors (Lipinski definition) is 2. The number of nitrogens with one attached hydrogen (secondary N) is 1. The van der Waals surface area contributed by atoms with Crippen LogP contribution in [0, 0.1) is 5.92 Å². The second-order valence-electron chi connectivity index (χ2n) is 5.33. The first kappa shape index (κ1) is 17.3. The number of carboxylic acid groups (broad SMARTS) is 1. The normalized spacial score (nSPS) is 15.6. The highest BCUT2D eigenvalue weighted by Crippen LogP contribution is 2.22. The lowest BCUT2D eigenvalue weighted by Crippen LogP contribution is -2.49. The van der Waals surface area contributed by atoms with E-state index in [4.69, 9.17) is 5.11 Å². The summed E-state index contributed by atoms with van der Waals surface area (Å²) in [6, 6.07) is -0.113. The Bertz CT molecular complexity index is 378. The first-order valence-corrected chi connectivity index (χ1v) is 7.44. The van der Waals surface area contributed by atoms with E-state index in [0.29, 0.717) is 32.0 Å². The summed E-state index contributed by atoms with van der Waals surface area (Å²) in [5.74, 6) is -0.572. The second-order valence-corrected chi connectivity index (χ2v) is 5.33. The zero-order valence-corrected chi connectivity index (χ0v) is 12.8. The van der Waals surface area contributed by atoms with Gasteiger partial charge in [-0.1, -0.05) is 0 Å². The number of likely N-dealkylation sites (N-methyl/N-ethyl adjacent to an activating group) is 2. The van der Waals surface area contributed by atoms with Gasteiger partial charge in [0.15, 0.2) is 0 Å². The Kier molecular flexibility index (Phi) is 6.98. The number of carboxylic acids is 1. The molecule has 0 unspecified atom stereocenters. The molecule has 2 N–H and O–H groups in total. The van der Waals surface area contributed by atoms with E-state index >= 15 is 0 Å². The molecule has 0 saturated carbocycles. The first-order chi connectivity index (χ1) is 9.97. The number of urea groups is 1. The van der Waals surface area contributed by atoms with Gasteiger partial charge in [-0.3, -0.25) is 9.59 Å². The zero-order chi connectivity index (χ0) is 15.8. The van der Waals surface area contributed by atoms with Gasteiger partial charge in [0.05, 0.1) is 0 Å². The first-order valence-electron chi connectivity index (χ1n) is 7.44. The Balaban J connectivity index is 2.42. The Labute approximate surface area is 125 Å². The summed E-state index contributed by atoms with van der Waals surface area (Å²) in [6.07, 6.45) is 2.52. The summed E-state index contributed by atoms with van der Waals surface area (Å²) < 4.78 is 0. The number of rotatable bonds is 6. The molecule has 0 aromatic heterocycles. The Hall–Kier alpha value is -1.79. The quantitative estimate of drug-likeness (QED) is 0.757. The molecule has 1 rings (SSSR count). The van der Waals surface area contributed by atoms with Gasteiger partial charge >= 0.3 is 12.0 Å². The Morgan fingerprint density at radius 3 is 2.38 bits per heavy atom. The van der Waals surface area contributed by atoms with E-state index in [1.54, 1.807) is 11.9 Å². The molecule has 0 radical (unpaired) electrons. The van der Waals surface area contributed by atoms with Crippen molar-refractivity contribution in [2.45, 2.75) is 32.6 Å². The molecule has 0 aromatic carbocycles. The smallest absolute Gasteiger partial charge is 0.320 e. The molecule has 120 valence electrons. The SMILES string of the molecule is CCN(CC(=O)NC)C(=O)N1CCC(CCC(=O)O)CC1. The lowest BCUT2D eigenvalue weighted by Gasteiger charge is -2.35. The number of hydrogen-bond acceptors (Lipinski definition) is 3. The van der Waals surface area contributed by atoms with Gasteiger partial charge in [0.25, 0.3) is 0 Å². The van der Waals surface area contributed by atoms with Crippen LogP contribution in [0.2, 0.25) is 0 Å². The van der Waals surface area contributed by atoms with Crippen molar-refractivity contribution in [1.82, 2.24) is 15.1 Å². The van der Waals surface area contributed by atoms with E-state index in [2.05, 4.69) is 5.32 Å². The monoisotopic (exact) mass is 299 g/mol. The minimum absolute atomic E-state index is 0.0742. The van der Waals surface area contributed by atoms with E-state index in [-0.39, 0.29) is 24.9 Å². The molecule has 0 aromatic rings. The number of amides is 3. The molecule has 21 heavy (non-hydrogen) atoms. The van der Waals surface area contributed by atoms with Crippen LogP contribution in [0.25, 0.3) is 0 Å². The molecule has 1 aliphatic rings. The maximum Gasteiger partial charge on any atom is 0.320 e. The lowest BCUT2D eigenvalue weighted by atomic mass is 9.92. The van der Waals surface area contributed by atoms with E-state index in [9.17, 15) is 14.4 Å². The number of piperidine rings is 1. The largest absolute Gasteiger partial charge is 0.481 e. The summed E-state index contributed by atoms with van der Waals surface area (Å²) >= 11 is 0. The molecule has 3 amide bonds. The highest BCUT2D eigenvalue weighted by atomic mass is 16.4. The van der Waals surface area contributed by atoms with Crippen LogP contribution in [0.5, 0.6) is 0 Å². The summed E-state index contributed by atoms with van der Waals surface area (Å²) in [5.41, 5.74) is 0. The van der Waals surface area contributed by atoms with Crippen LogP contribution in [0.1, 0.15) is 32.6 Å². The van der Waals surface area contributed by atoms with E-state index in [1.165, 1.54) is 4.90 Å². The molecule has 0 bridgehead atoms. The van der Waals surface area contributed by atoms with Crippen LogP contribution in [-0.4, -0.2) is 66.0 Å². The van der Waals surface area contributed by atoms with Gasteiger partial charge in [0.2, 0.25) is 5.91 Å². The van der Waals surface area contributed by atoms with Crippen molar-refractivity contribution >= 4 is 17.9 Å². The molecule has 7 heteroatoms. The fourth-order valence-corrected chi connectivity index (χ4v) is 2.51. The van der Waals surface area contributed by atoms with Crippen molar-refractivity contribution in [3.05, 3.63) is 0 Å². The fourth-order valence-electron chi connectivity index (χ4n) is 2.51. The summed E-state index contributed by atoms with van der Waals surface area (Å²) in [7, 11) is 1.55. The van der Waals surface area contributed by atoms with Gasteiger partial charge in [-0.25, -0.2) is 4.79 Å². The fraction of sp³-hybridized carbons (Fsp3) is 0.786. The molecule has 7 nitrogen and oxygen atoms in total. The molecule has 0 spiro atoms. The topological polar surface area (TPSA) is 90.0 Å². The van der Waals surface area contributed by atoms with Crippen molar-refractivity contribution in [2.75, 3.05) is 33.2 Å². The standard InChI is InChI=1S/C14H25N3O4/c1-3-16(10-12(18)15-2)14(21)17-8-6-11(7-9-17)4-5-13(19)20/h11H,3-10H2,1-2H3,(H,15,18)(H,19,20). The van der Waals surface area contributed by atoms with Crippen LogP contribution in [0.4, 0.5) is 4.79 Å². The molecule has 1 saturated heterocycles. The van der Waals surface area contributed by atoms with Crippen LogP contribution in [0.3, 0.4) is 0 Å². The predicted molar refractivity (Wildman–Crippen MR) is 77.9 cm³/mol. The number of carbonyl (C=O) groups excluding carboxylic acids is 2. The van der Waals surface area contributed by atoms with E-state index in [1.807, 2.05) is 6.92 Å². The lowest BCUT2D eigenvalue weighted by molar-refractivity contribution is -0.137. The molecular formula is C14H25N3O4. The average Bonchev–Trinajstić information content (AvgIpc) is 2.50. The van der Waals surface area contributed by atoms with Crippen molar-refractivity contribution in [3.8, 4) is 0 Å². The third-order valence-electron chi connectivity index (χ3n) is 3.92. The average molecular weight is 299 g/mol. The zero-order valence-electron chi connectivity index (χ0n) is 12.8. The molecular weight excluding hydrogens is 274 g/mol. The van der Waals surface area contributed by atoms with Crippen molar-refractivity contribution in [3.63, 3.8) is 0 Å². The van der Waals surface area contributed by atoms with Crippen molar-refractivity contribution in [1.29, 1.82) is 0 Å².